The zero-order chi connectivity index (χ0) is 24.4. The van der Waals surface area contributed by atoms with Crippen molar-refractivity contribution in [2.45, 2.75) is 50.7 Å². The maximum absolute atomic E-state index is 14.2. The highest BCUT2D eigenvalue weighted by molar-refractivity contribution is 7.89. The fraction of sp³-hybridized carbons (Fsp3) is 0.280. The fourth-order valence-electron chi connectivity index (χ4n) is 3.36. The number of nitrogens with one attached hydrogen (secondary N) is 1. The van der Waals surface area contributed by atoms with Crippen LogP contribution in [0.4, 0.5) is 0 Å². The van der Waals surface area contributed by atoms with Crippen LogP contribution in [0.25, 0.3) is 0 Å². The first-order valence-corrected chi connectivity index (χ1v) is 14.1. The molecule has 3 aromatic rings. The Morgan fingerprint density at radius 1 is 0.970 bits per heavy atom. The highest BCUT2D eigenvalue weighted by Crippen LogP contribution is 2.58. The van der Waals surface area contributed by atoms with Crippen molar-refractivity contribution in [3.8, 4) is 5.75 Å². The Morgan fingerprint density at radius 2 is 1.58 bits per heavy atom. The van der Waals surface area contributed by atoms with Gasteiger partial charge in [-0.3, -0.25) is 4.57 Å². The number of hydrogen-bond donors (Lipinski definition) is 1. The molecule has 0 spiro atoms. The molecule has 8 heteroatoms. The van der Waals surface area contributed by atoms with Crippen LogP contribution in [0.1, 0.15) is 44.9 Å². The lowest BCUT2D eigenvalue weighted by atomic mass is 10.1. The fourth-order valence-corrected chi connectivity index (χ4v) is 6.93. The Kier molecular flexibility index (Phi) is 7.45. The van der Waals surface area contributed by atoms with Gasteiger partial charge in [0.25, 0.3) is 7.37 Å². The maximum Gasteiger partial charge on any atom is 0.282 e. The number of aryl methyl sites for hydroxylation is 1. The Bertz CT molecular complexity index is 1270. The molecule has 0 unspecified atom stereocenters. The van der Waals surface area contributed by atoms with Gasteiger partial charge in [0.1, 0.15) is 5.75 Å². The second-order valence-electron chi connectivity index (χ2n) is 8.99. The van der Waals surface area contributed by atoms with Crippen molar-refractivity contribution in [2.24, 2.45) is 0 Å². The first-order chi connectivity index (χ1) is 15.3. The summed E-state index contributed by atoms with van der Waals surface area (Å²) in [5.74, 6) is 0.320. The van der Waals surface area contributed by atoms with Crippen molar-refractivity contribution in [3.63, 3.8) is 0 Å². The van der Waals surface area contributed by atoms with Crippen LogP contribution in [0.2, 0.25) is 5.02 Å². The Labute approximate surface area is 201 Å². The third-order valence-corrected chi connectivity index (χ3v) is 10.3. The van der Waals surface area contributed by atoms with E-state index >= 15 is 0 Å². The minimum absolute atomic E-state index is 0.161. The lowest BCUT2D eigenvalue weighted by Gasteiger charge is -2.32. The van der Waals surface area contributed by atoms with Crippen molar-refractivity contribution in [2.75, 3.05) is 0 Å². The third kappa shape index (κ3) is 5.70. The van der Waals surface area contributed by atoms with E-state index in [1.165, 1.54) is 0 Å². The van der Waals surface area contributed by atoms with Gasteiger partial charge in [-0.25, -0.2) is 13.1 Å². The van der Waals surface area contributed by atoms with Crippen molar-refractivity contribution in [1.82, 2.24) is 4.72 Å². The Hall–Kier alpha value is -2.11. The van der Waals surface area contributed by atoms with E-state index in [2.05, 4.69) is 4.72 Å². The van der Waals surface area contributed by atoms with Gasteiger partial charge in [-0.1, -0.05) is 47.5 Å². The highest BCUT2D eigenvalue weighted by Gasteiger charge is 2.41. The highest BCUT2D eigenvalue weighted by atomic mass is 35.5. The summed E-state index contributed by atoms with van der Waals surface area (Å²) in [5.41, 5.74) is 1.46. The predicted octanol–water partition coefficient (Wildman–Crippen LogP) is 6.47. The third-order valence-electron chi connectivity index (χ3n) is 5.31. The molecule has 1 N–H and O–H groups in total. The smallest absolute Gasteiger partial charge is 0.282 e. The zero-order valence-corrected chi connectivity index (χ0v) is 21.8. The van der Waals surface area contributed by atoms with Crippen molar-refractivity contribution < 1.29 is 17.5 Å². The first kappa shape index (κ1) is 25.5. The van der Waals surface area contributed by atoms with Crippen LogP contribution in [-0.4, -0.2) is 13.6 Å². The lowest BCUT2D eigenvalue weighted by Crippen LogP contribution is -2.29. The number of benzene rings is 3. The molecule has 5 nitrogen and oxygen atoms in total. The summed E-state index contributed by atoms with van der Waals surface area (Å²) >= 11 is 6.24. The molecule has 0 bridgehead atoms. The van der Waals surface area contributed by atoms with Gasteiger partial charge in [0.05, 0.1) is 10.1 Å². The van der Waals surface area contributed by atoms with Gasteiger partial charge in [-0.15, -0.1) is 0 Å². The summed E-state index contributed by atoms with van der Waals surface area (Å²) < 4.78 is 49.1. The summed E-state index contributed by atoms with van der Waals surface area (Å²) in [5, 5.41) is 0.311. The normalized spacial score (nSPS) is 15.0. The summed E-state index contributed by atoms with van der Waals surface area (Å²) in [6.07, 6.45) is 0. The average Bonchev–Trinajstić information content (AvgIpc) is 2.74. The van der Waals surface area contributed by atoms with Crippen LogP contribution in [0.3, 0.4) is 0 Å². The van der Waals surface area contributed by atoms with E-state index in [1.807, 2.05) is 45.9 Å². The van der Waals surface area contributed by atoms with E-state index in [-0.39, 0.29) is 4.90 Å². The number of rotatable bonds is 7. The molecule has 2 atom stereocenters. The molecule has 0 aliphatic heterocycles. The van der Waals surface area contributed by atoms with E-state index < -0.39 is 28.6 Å². The molecule has 0 heterocycles. The number of hydrogen-bond acceptors (Lipinski definition) is 4. The standard InChI is InChI=1S/C25H29ClNO4PS/c1-18-11-14-22(15-12-18)33(29,30)27-19(2)23-17-20(26)13-16-24(23)31-32(28,25(3,4)5)21-9-7-6-8-10-21/h6-17,19,27H,1-5H3/t19-,32+/m1/s1. The molecule has 0 aliphatic rings. The zero-order valence-electron chi connectivity index (χ0n) is 19.4. The molecule has 0 aromatic heterocycles. The molecule has 0 fully saturated rings. The van der Waals surface area contributed by atoms with Gasteiger partial charge in [-0.2, -0.15) is 0 Å². The summed E-state index contributed by atoms with van der Waals surface area (Å²) in [6, 6.07) is 19.9. The Morgan fingerprint density at radius 3 is 2.15 bits per heavy atom. The van der Waals surface area contributed by atoms with E-state index in [4.69, 9.17) is 16.1 Å². The summed E-state index contributed by atoms with van der Waals surface area (Å²) in [7, 11) is -7.19. The minimum atomic E-state index is -3.80. The monoisotopic (exact) mass is 505 g/mol. The van der Waals surface area contributed by atoms with Crippen LogP contribution in [0.5, 0.6) is 5.75 Å². The van der Waals surface area contributed by atoms with Crippen LogP contribution >= 0.6 is 19.0 Å². The van der Waals surface area contributed by atoms with Gasteiger partial charge in [0.15, 0.2) is 0 Å². The van der Waals surface area contributed by atoms with Crippen LogP contribution in [-0.2, 0) is 14.6 Å². The van der Waals surface area contributed by atoms with E-state index in [1.54, 1.807) is 61.5 Å². The number of sulfonamides is 1. The van der Waals surface area contributed by atoms with Gasteiger partial charge in [0, 0.05) is 21.9 Å². The second kappa shape index (κ2) is 9.63. The number of halogens is 1. The predicted molar refractivity (Wildman–Crippen MR) is 135 cm³/mol. The molecule has 33 heavy (non-hydrogen) atoms. The van der Waals surface area contributed by atoms with Crippen molar-refractivity contribution >= 4 is 34.3 Å². The van der Waals surface area contributed by atoms with Gasteiger partial charge in [-0.05, 0) is 77.1 Å². The van der Waals surface area contributed by atoms with E-state index in [0.717, 1.165) is 5.56 Å². The largest absolute Gasteiger partial charge is 0.439 e. The van der Waals surface area contributed by atoms with Crippen molar-refractivity contribution in [3.05, 3.63) is 88.9 Å². The quantitative estimate of drug-likeness (QED) is 0.373. The molecule has 176 valence electrons. The summed E-state index contributed by atoms with van der Waals surface area (Å²) in [6.45, 7) is 9.18. The molecular formula is C25H29ClNO4PS. The van der Waals surface area contributed by atoms with Gasteiger partial charge in [0.2, 0.25) is 10.0 Å². The molecule has 3 aromatic carbocycles. The molecule has 0 aliphatic carbocycles. The molecule has 0 saturated heterocycles. The van der Waals surface area contributed by atoms with Gasteiger partial charge < -0.3 is 4.52 Å². The van der Waals surface area contributed by atoms with Gasteiger partial charge >= 0.3 is 0 Å². The Balaban J connectivity index is 2.01. The van der Waals surface area contributed by atoms with E-state index in [0.29, 0.717) is 21.6 Å². The second-order valence-corrected chi connectivity index (χ2v) is 14.3. The lowest BCUT2D eigenvalue weighted by molar-refractivity contribution is 0.456. The average molecular weight is 506 g/mol. The molecule has 3 rings (SSSR count). The van der Waals surface area contributed by atoms with Crippen LogP contribution in [0, 0.1) is 6.92 Å². The maximum atomic E-state index is 14.2. The minimum Gasteiger partial charge on any atom is -0.439 e. The molecule has 0 amide bonds. The topological polar surface area (TPSA) is 72.5 Å². The molecule has 0 saturated carbocycles. The van der Waals surface area contributed by atoms with Crippen LogP contribution in [0.15, 0.2) is 77.7 Å². The summed E-state index contributed by atoms with van der Waals surface area (Å²) in [4.78, 5) is 0.161. The first-order valence-electron chi connectivity index (χ1n) is 10.6. The van der Waals surface area contributed by atoms with Crippen LogP contribution < -0.4 is 14.6 Å². The molecule has 0 radical (unpaired) electrons. The SMILES string of the molecule is Cc1ccc(S(=O)(=O)N[C@H](C)c2cc(Cl)ccc2O[P@@](=O)(c2ccccc2)C(C)(C)C)cc1. The molecular weight excluding hydrogens is 477 g/mol. The van der Waals surface area contributed by atoms with Crippen molar-refractivity contribution in [1.29, 1.82) is 0 Å². The van der Waals surface area contributed by atoms with E-state index in [9.17, 15) is 13.0 Å².